The summed E-state index contributed by atoms with van der Waals surface area (Å²) in [6.07, 6.45) is 3.87. The van der Waals surface area contributed by atoms with Gasteiger partial charge in [-0.25, -0.2) is 0 Å². The number of halogens is 1. The number of anilines is 1. The van der Waals surface area contributed by atoms with Gasteiger partial charge in [0.2, 0.25) is 0 Å². The molecule has 1 aliphatic heterocycles. The Morgan fingerprint density at radius 2 is 2.18 bits per heavy atom. The van der Waals surface area contributed by atoms with Gasteiger partial charge in [0, 0.05) is 29.3 Å². The molecular weight excluding hydrogens is 232 g/mol. The van der Waals surface area contributed by atoms with E-state index in [4.69, 9.17) is 17.3 Å². The van der Waals surface area contributed by atoms with Crippen LogP contribution in [0.4, 0.5) is 5.69 Å². The minimum Gasteiger partial charge on any atom is -0.369 e. The molecule has 1 aromatic rings. The van der Waals surface area contributed by atoms with Crippen molar-refractivity contribution in [2.24, 2.45) is 5.73 Å². The van der Waals surface area contributed by atoms with Crippen molar-refractivity contribution in [3.05, 3.63) is 28.8 Å². The molecule has 0 aromatic heterocycles. The van der Waals surface area contributed by atoms with Gasteiger partial charge in [-0.3, -0.25) is 0 Å². The summed E-state index contributed by atoms with van der Waals surface area (Å²) in [5.74, 6) is 0. The monoisotopic (exact) mass is 252 g/mol. The Morgan fingerprint density at radius 1 is 1.41 bits per heavy atom. The quantitative estimate of drug-likeness (QED) is 0.869. The van der Waals surface area contributed by atoms with Crippen molar-refractivity contribution >= 4 is 17.3 Å². The lowest BCUT2D eigenvalue weighted by Gasteiger charge is -2.37. The molecule has 0 unspecified atom stereocenters. The van der Waals surface area contributed by atoms with Crippen LogP contribution in [0.5, 0.6) is 0 Å². The Hall–Kier alpha value is -0.730. The van der Waals surface area contributed by atoms with E-state index in [0.717, 1.165) is 17.1 Å². The van der Waals surface area contributed by atoms with Gasteiger partial charge in [-0.2, -0.15) is 0 Å². The van der Waals surface area contributed by atoms with Gasteiger partial charge in [-0.05, 0) is 56.9 Å². The van der Waals surface area contributed by atoms with Gasteiger partial charge in [0.05, 0.1) is 0 Å². The molecule has 1 saturated heterocycles. The minimum atomic E-state index is 0.0258. The molecule has 0 aliphatic carbocycles. The number of nitrogens with two attached hydrogens (primary N) is 1. The van der Waals surface area contributed by atoms with Crippen LogP contribution in [0.2, 0.25) is 5.02 Å². The Morgan fingerprint density at radius 3 is 2.82 bits per heavy atom. The smallest absolute Gasteiger partial charge is 0.0417 e. The number of hydrogen-bond acceptors (Lipinski definition) is 2. The van der Waals surface area contributed by atoms with Gasteiger partial charge >= 0.3 is 0 Å². The van der Waals surface area contributed by atoms with Crippen LogP contribution in [0.15, 0.2) is 18.2 Å². The third kappa shape index (κ3) is 2.75. The highest BCUT2D eigenvalue weighted by molar-refractivity contribution is 6.30. The molecule has 1 fully saturated rings. The van der Waals surface area contributed by atoms with Crippen LogP contribution in [0, 0.1) is 0 Å². The first-order valence-corrected chi connectivity index (χ1v) is 6.79. The maximum atomic E-state index is 6.06. The molecule has 1 aromatic carbocycles. The summed E-state index contributed by atoms with van der Waals surface area (Å²) in [6.45, 7) is 5.44. The van der Waals surface area contributed by atoms with E-state index < -0.39 is 0 Å². The van der Waals surface area contributed by atoms with E-state index in [2.05, 4.69) is 17.9 Å². The summed E-state index contributed by atoms with van der Waals surface area (Å²) in [6, 6.07) is 6.70. The maximum absolute atomic E-state index is 6.06. The largest absolute Gasteiger partial charge is 0.369 e. The molecule has 2 N–H and O–H groups in total. The predicted octanol–water partition coefficient (Wildman–Crippen LogP) is 3.74. The van der Waals surface area contributed by atoms with E-state index in [1.54, 1.807) is 0 Å². The van der Waals surface area contributed by atoms with Gasteiger partial charge in [0.1, 0.15) is 0 Å². The third-order valence-electron chi connectivity index (χ3n) is 3.59. The predicted molar refractivity (Wildman–Crippen MR) is 74.7 cm³/mol. The summed E-state index contributed by atoms with van der Waals surface area (Å²) in [7, 11) is 0. The van der Waals surface area contributed by atoms with Gasteiger partial charge in [0.15, 0.2) is 0 Å². The molecular formula is C14H21ClN2. The molecule has 0 bridgehead atoms. The topological polar surface area (TPSA) is 29.3 Å². The van der Waals surface area contributed by atoms with Crippen LogP contribution in [0.25, 0.3) is 0 Å². The summed E-state index contributed by atoms with van der Waals surface area (Å²) in [5, 5.41) is 0.769. The highest BCUT2D eigenvalue weighted by Gasteiger charge is 2.21. The summed E-state index contributed by atoms with van der Waals surface area (Å²) >= 11 is 6.06. The first-order chi connectivity index (χ1) is 8.09. The van der Waals surface area contributed by atoms with Crippen molar-refractivity contribution in [1.82, 2.24) is 0 Å². The van der Waals surface area contributed by atoms with Crippen molar-refractivity contribution in [1.29, 1.82) is 0 Å². The van der Waals surface area contributed by atoms with Crippen LogP contribution in [-0.2, 0) is 0 Å². The molecule has 0 spiro atoms. The van der Waals surface area contributed by atoms with E-state index in [-0.39, 0.29) is 6.04 Å². The summed E-state index contributed by atoms with van der Waals surface area (Å²) in [4.78, 5) is 2.47. The van der Waals surface area contributed by atoms with Gasteiger partial charge in [0.25, 0.3) is 0 Å². The van der Waals surface area contributed by atoms with E-state index in [0.29, 0.717) is 6.04 Å². The van der Waals surface area contributed by atoms with Gasteiger partial charge in [-0.1, -0.05) is 11.6 Å². The van der Waals surface area contributed by atoms with E-state index >= 15 is 0 Å². The lowest BCUT2D eigenvalue weighted by molar-refractivity contribution is 0.483. The summed E-state index contributed by atoms with van der Waals surface area (Å²) < 4.78 is 0. The van der Waals surface area contributed by atoms with Crippen molar-refractivity contribution in [2.75, 3.05) is 11.4 Å². The lowest BCUT2D eigenvalue weighted by Crippen LogP contribution is -2.38. The van der Waals surface area contributed by atoms with Crippen molar-refractivity contribution in [2.45, 2.75) is 45.2 Å². The fourth-order valence-corrected chi connectivity index (χ4v) is 2.79. The Labute approximate surface area is 109 Å². The average Bonchev–Trinajstić information content (AvgIpc) is 2.30. The van der Waals surface area contributed by atoms with Gasteiger partial charge in [-0.15, -0.1) is 0 Å². The molecule has 17 heavy (non-hydrogen) atoms. The van der Waals surface area contributed by atoms with Crippen LogP contribution in [0.1, 0.15) is 44.7 Å². The molecule has 2 rings (SSSR count). The van der Waals surface area contributed by atoms with Crippen molar-refractivity contribution in [3.8, 4) is 0 Å². The number of benzene rings is 1. The Kier molecular flexibility index (Phi) is 3.95. The van der Waals surface area contributed by atoms with Crippen LogP contribution in [-0.4, -0.2) is 12.6 Å². The average molecular weight is 253 g/mol. The molecule has 2 nitrogen and oxygen atoms in total. The molecule has 1 heterocycles. The number of nitrogens with zero attached hydrogens (tertiary/aromatic N) is 1. The molecule has 3 heteroatoms. The second kappa shape index (κ2) is 5.28. The zero-order chi connectivity index (χ0) is 12.4. The first-order valence-electron chi connectivity index (χ1n) is 6.41. The number of hydrogen-bond donors (Lipinski definition) is 1. The van der Waals surface area contributed by atoms with E-state index in [1.165, 1.54) is 24.9 Å². The summed E-state index contributed by atoms with van der Waals surface area (Å²) in [5.41, 5.74) is 8.47. The zero-order valence-electron chi connectivity index (χ0n) is 10.6. The fraction of sp³-hybridized carbons (Fsp3) is 0.571. The maximum Gasteiger partial charge on any atom is 0.0417 e. The van der Waals surface area contributed by atoms with E-state index in [9.17, 15) is 0 Å². The normalized spacial score (nSPS) is 22.6. The number of rotatable bonds is 2. The SMILES string of the molecule is C[C@@H]1CCCCN1c1ccc(Cl)cc1[C@@H](C)N. The molecule has 0 saturated carbocycles. The number of piperidine rings is 1. The zero-order valence-corrected chi connectivity index (χ0v) is 11.4. The minimum absolute atomic E-state index is 0.0258. The second-order valence-corrected chi connectivity index (χ2v) is 5.47. The lowest BCUT2D eigenvalue weighted by atomic mass is 9.99. The van der Waals surface area contributed by atoms with Crippen molar-refractivity contribution < 1.29 is 0 Å². The first kappa shape index (κ1) is 12.7. The van der Waals surface area contributed by atoms with Crippen LogP contribution >= 0.6 is 11.6 Å². The highest BCUT2D eigenvalue weighted by atomic mass is 35.5. The molecule has 0 radical (unpaired) electrons. The van der Waals surface area contributed by atoms with E-state index in [1.807, 2.05) is 19.1 Å². The van der Waals surface area contributed by atoms with Crippen molar-refractivity contribution in [3.63, 3.8) is 0 Å². The van der Waals surface area contributed by atoms with Crippen LogP contribution < -0.4 is 10.6 Å². The van der Waals surface area contributed by atoms with Gasteiger partial charge < -0.3 is 10.6 Å². The molecule has 2 atom stereocenters. The Bertz CT molecular complexity index is 390. The third-order valence-corrected chi connectivity index (χ3v) is 3.83. The Balaban J connectivity index is 2.36. The fourth-order valence-electron chi connectivity index (χ4n) is 2.61. The standard InChI is InChI=1S/C14H21ClN2/c1-10-5-3-4-8-17(10)14-7-6-12(15)9-13(14)11(2)16/h6-7,9-11H,3-5,8,16H2,1-2H3/t10-,11-/m1/s1. The molecule has 0 amide bonds. The molecule has 1 aliphatic rings. The molecule has 94 valence electrons. The van der Waals surface area contributed by atoms with Crippen LogP contribution in [0.3, 0.4) is 0 Å². The highest BCUT2D eigenvalue weighted by Crippen LogP contribution is 2.32. The second-order valence-electron chi connectivity index (χ2n) is 5.03.